The van der Waals surface area contributed by atoms with Crippen molar-refractivity contribution < 1.29 is 19.4 Å². The number of hydrogen-bond acceptors (Lipinski definition) is 7. The van der Waals surface area contributed by atoms with Crippen LogP contribution in [-0.2, 0) is 9.53 Å². The third kappa shape index (κ3) is 5.92. The van der Waals surface area contributed by atoms with Crippen LogP contribution < -0.4 is 10.1 Å². The second kappa shape index (κ2) is 14.0. The molecular weight excluding hydrogens is 673 g/mol. The number of nitriles is 1. The molecule has 1 aliphatic heterocycles. The van der Waals surface area contributed by atoms with E-state index in [9.17, 15) is 15.2 Å². The number of morpholine rings is 1. The Balaban J connectivity index is 0.988. The molecule has 1 aromatic heterocycles. The molecule has 6 aliphatic carbocycles. The number of carbonyl (C=O) groups is 1. The minimum Gasteiger partial charge on any atom is -0.481 e. The highest BCUT2D eigenvalue weighted by Crippen LogP contribution is 2.76. The largest absolute Gasteiger partial charge is 0.481 e. The number of carboxylic acid groups (broad SMARTS) is 1. The van der Waals surface area contributed by atoms with Gasteiger partial charge in [0, 0.05) is 37.9 Å². The standard InChI is InChI=1S/C46H66N4O4/c1-41(2)34(32-12-19-45(20-13-32,40(51)52)31-54-39-33(30-47)8-7-23-48-39)14-17-42(3)37(41)15-18-44(5)38(42)11-10-35-36-9-6-16-46(36,22-21-43(35,44)4)49-24-25-50-26-28-53-29-27-50/h7-8,12,14,23,35-38,49H,6,9-11,13,15-22,24-29,31H2,1-5H3,(H,51,52)/t35-,36-,37?,38?,42+,43-,44-,45+,46+/m1/s1. The molecule has 0 radical (unpaired) electrons. The topological polar surface area (TPSA) is 108 Å². The van der Waals surface area contributed by atoms with Crippen LogP contribution in [0.2, 0.25) is 0 Å². The Bertz CT molecular complexity index is 1710. The first-order valence-electron chi connectivity index (χ1n) is 21.5. The highest BCUT2D eigenvalue weighted by atomic mass is 16.5. The van der Waals surface area contributed by atoms with Crippen molar-refractivity contribution >= 4 is 5.97 Å². The summed E-state index contributed by atoms with van der Waals surface area (Å²) in [6, 6.07) is 5.46. The summed E-state index contributed by atoms with van der Waals surface area (Å²) in [5.41, 5.74) is 3.42. The van der Waals surface area contributed by atoms with Crippen LogP contribution in [0.5, 0.6) is 5.88 Å². The van der Waals surface area contributed by atoms with Crippen molar-refractivity contribution in [2.45, 2.75) is 124 Å². The summed E-state index contributed by atoms with van der Waals surface area (Å²) in [5.74, 6) is 2.30. The van der Waals surface area contributed by atoms with Crippen molar-refractivity contribution in [2.75, 3.05) is 46.0 Å². The predicted octanol–water partition coefficient (Wildman–Crippen LogP) is 8.58. The van der Waals surface area contributed by atoms with Crippen LogP contribution in [0.15, 0.2) is 41.6 Å². The Morgan fingerprint density at radius 3 is 2.54 bits per heavy atom. The van der Waals surface area contributed by atoms with Gasteiger partial charge in [-0.2, -0.15) is 5.26 Å². The van der Waals surface area contributed by atoms with Crippen molar-refractivity contribution in [3.8, 4) is 11.9 Å². The van der Waals surface area contributed by atoms with E-state index in [1.54, 1.807) is 18.3 Å². The lowest BCUT2D eigenvalue weighted by Gasteiger charge is -2.72. The molecule has 9 atom stereocenters. The van der Waals surface area contributed by atoms with Gasteiger partial charge in [-0.15, -0.1) is 0 Å². The first kappa shape index (κ1) is 38.2. The van der Waals surface area contributed by atoms with E-state index >= 15 is 0 Å². The Morgan fingerprint density at radius 2 is 1.80 bits per heavy atom. The van der Waals surface area contributed by atoms with Crippen LogP contribution in [0.1, 0.15) is 124 Å². The fourth-order valence-corrected chi connectivity index (χ4v) is 14.6. The summed E-state index contributed by atoms with van der Waals surface area (Å²) in [7, 11) is 0. The molecule has 0 spiro atoms. The molecule has 8 heteroatoms. The quantitative estimate of drug-likeness (QED) is 0.260. The zero-order chi connectivity index (χ0) is 38.0. The first-order valence-corrected chi connectivity index (χ1v) is 21.5. The molecule has 4 saturated carbocycles. The van der Waals surface area contributed by atoms with Crippen LogP contribution >= 0.6 is 0 Å². The smallest absolute Gasteiger partial charge is 0.313 e. The minimum atomic E-state index is -1.03. The zero-order valence-corrected chi connectivity index (χ0v) is 33.9. The van der Waals surface area contributed by atoms with Gasteiger partial charge in [0.15, 0.2) is 0 Å². The number of carboxylic acids is 1. The van der Waals surface area contributed by atoms with Gasteiger partial charge in [-0.25, -0.2) is 4.98 Å². The lowest BCUT2D eigenvalue weighted by Crippen LogP contribution is -2.67. The van der Waals surface area contributed by atoms with Crippen molar-refractivity contribution in [3.05, 3.63) is 47.2 Å². The molecule has 8 nitrogen and oxygen atoms in total. The van der Waals surface area contributed by atoms with Gasteiger partial charge in [0.2, 0.25) is 5.88 Å². The number of pyridine rings is 1. The van der Waals surface area contributed by atoms with E-state index in [0.717, 1.165) is 64.1 Å². The summed E-state index contributed by atoms with van der Waals surface area (Å²) in [6.45, 7) is 19.3. The van der Waals surface area contributed by atoms with E-state index in [0.29, 0.717) is 46.6 Å². The van der Waals surface area contributed by atoms with Crippen LogP contribution in [0, 0.1) is 62.1 Å². The van der Waals surface area contributed by atoms with E-state index in [2.05, 4.69) is 68.0 Å². The fourth-order valence-electron chi connectivity index (χ4n) is 14.6. The lowest BCUT2D eigenvalue weighted by molar-refractivity contribution is -0.218. The lowest BCUT2D eigenvalue weighted by atomic mass is 9.33. The van der Waals surface area contributed by atoms with E-state index in [4.69, 9.17) is 9.47 Å². The zero-order valence-electron chi connectivity index (χ0n) is 33.9. The number of aromatic nitrogens is 1. The first-order chi connectivity index (χ1) is 25.8. The number of allylic oxidation sites excluding steroid dienone is 4. The number of rotatable bonds is 9. The molecule has 0 amide bonds. The molecular formula is C46H66N4O4. The predicted molar refractivity (Wildman–Crippen MR) is 211 cm³/mol. The van der Waals surface area contributed by atoms with Crippen molar-refractivity contribution in [1.82, 2.24) is 15.2 Å². The summed E-state index contributed by atoms with van der Waals surface area (Å²) >= 11 is 0. The van der Waals surface area contributed by atoms with Crippen molar-refractivity contribution in [2.24, 2.45) is 50.7 Å². The molecule has 8 rings (SSSR count). The maximum absolute atomic E-state index is 12.7. The average molecular weight is 739 g/mol. The molecule has 2 heterocycles. The molecule has 0 aromatic carbocycles. The maximum Gasteiger partial charge on any atom is 0.313 e. The van der Waals surface area contributed by atoms with E-state index < -0.39 is 11.4 Å². The van der Waals surface area contributed by atoms with Gasteiger partial charge in [0.1, 0.15) is 23.7 Å². The Labute approximate surface area is 324 Å². The number of nitrogens with one attached hydrogen (secondary N) is 1. The molecule has 0 bridgehead atoms. The van der Waals surface area contributed by atoms with Gasteiger partial charge in [-0.1, -0.05) is 53.2 Å². The summed E-state index contributed by atoms with van der Waals surface area (Å²) in [6.07, 6.45) is 21.4. The maximum atomic E-state index is 12.7. The van der Waals surface area contributed by atoms with Crippen molar-refractivity contribution in [3.63, 3.8) is 0 Å². The molecule has 1 saturated heterocycles. The van der Waals surface area contributed by atoms with E-state index in [1.807, 2.05) is 0 Å². The third-order valence-corrected chi connectivity index (χ3v) is 17.7. The summed E-state index contributed by atoms with van der Waals surface area (Å²) in [5, 5.41) is 24.2. The van der Waals surface area contributed by atoms with Gasteiger partial charge in [-0.05, 0) is 146 Å². The SMILES string of the molecule is CC1(C)C(C2=CC[C@](COc3ncccc3C#N)(C(=O)O)CC2)=CC[C@@]2(C)C1CC[C@]1(C)C2CC[C@@H]2[C@H]3CCC[C@]3(NCCN3CCOCC3)CC[C@]21C. The Hall–Kier alpha value is -2.73. The third-order valence-electron chi connectivity index (χ3n) is 17.7. The van der Waals surface area contributed by atoms with E-state index in [-0.39, 0.29) is 23.3 Å². The van der Waals surface area contributed by atoms with Crippen LogP contribution in [-0.4, -0.2) is 72.5 Å². The highest BCUT2D eigenvalue weighted by Gasteiger charge is 2.69. The summed E-state index contributed by atoms with van der Waals surface area (Å²) < 4.78 is 11.6. The fraction of sp³-hybridized carbons (Fsp3) is 0.761. The summed E-state index contributed by atoms with van der Waals surface area (Å²) in [4.78, 5) is 19.5. The van der Waals surface area contributed by atoms with E-state index in [1.165, 1.54) is 68.9 Å². The number of ether oxygens (including phenoxy) is 2. The molecule has 2 unspecified atom stereocenters. The normalized spacial score (nSPS) is 41.6. The molecule has 1 aromatic rings. The van der Waals surface area contributed by atoms with Gasteiger partial charge in [-0.3, -0.25) is 9.69 Å². The van der Waals surface area contributed by atoms with Crippen molar-refractivity contribution in [1.29, 1.82) is 5.26 Å². The van der Waals surface area contributed by atoms with Crippen LogP contribution in [0.25, 0.3) is 0 Å². The van der Waals surface area contributed by atoms with Gasteiger partial charge in [0.25, 0.3) is 0 Å². The number of aliphatic carboxylic acids is 1. The Kier molecular flexibility index (Phi) is 9.91. The molecule has 2 N–H and O–H groups in total. The second-order valence-corrected chi connectivity index (χ2v) is 20.0. The number of nitrogens with zero attached hydrogens (tertiary/aromatic N) is 3. The van der Waals surface area contributed by atoms with Crippen LogP contribution in [0.3, 0.4) is 0 Å². The number of hydrogen-bond donors (Lipinski definition) is 2. The van der Waals surface area contributed by atoms with Gasteiger partial charge >= 0.3 is 5.97 Å². The minimum absolute atomic E-state index is 0.00739. The van der Waals surface area contributed by atoms with Gasteiger partial charge in [0.05, 0.1) is 13.2 Å². The van der Waals surface area contributed by atoms with Crippen LogP contribution in [0.4, 0.5) is 0 Å². The molecule has 7 aliphatic rings. The van der Waals surface area contributed by atoms with Gasteiger partial charge < -0.3 is 19.9 Å². The highest BCUT2D eigenvalue weighted by molar-refractivity contribution is 5.75. The second-order valence-electron chi connectivity index (χ2n) is 20.0. The molecule has 54 heavy (non-hydrogen) atoms. The number of fused-ring (bicyclic) bond motifs is 7. The molecule has 294 valence electrons. The Morgan fingerprint density at radius 1 is 0.981 bits per heavy atom. The average Bonchev–Trinajstić information content (AvgIpc) is 3.59. The molecule has 5 fully saturated rings. The monoisotopic (exact) mass is 739 g/mol.